The summed E-state index contributed by atoms with van der Waals surface area (Å²) < 4.78 is 10.8. The molecule has 4 nitrogen and oxygen atoms in total. The Bertz CT molecular complexity index is 509. The van der Waals surface area contributed by atoms with E-state index in [-0.39, 0.29) is 0 Å². The molecule has 0 radical (unpaired) electrons. The number of methoxy groups -OCH3 is 1. The first-order valence-electron chi connectivity index (χ1n) is 6.73. The van der Waals surface area contributed by atoms with Gasteiger partial charge in [-0.15, -0.1) is 0 Å². The van der Waals surface area contributed by atoms with Crippen LogP contribution in [0, 0.1) is 0 Å². The molecule has 0 amide bonds. The predicted octanol–water partition coefficient (Wildman–Crippen LogP) is 2.78. The monoisotopic (exact) mass is 272 g/mol. The number of aromatic nitrogens is 1. The number of ether oxygens (including phenoxy) is 2. The van der Waals surface area contributed by atoms with Crippen LogP contribution in [0.1, 0.15) is 18.1 Å². The van der Waals surface area contributed by atoms with Gasteiger partial charge < -0.3 is 14.8 Å². The Hall–Kier alpha value is -2.07. The molecule has 20 heavy (non-hydrogen) atoms. The van der Waals surface area contributed by atoms with Crippen LogP contribution in [0.25, 0.3) is 0 Å². The summed E-state index contributed by atoms with van der Waals surface area (Å²) in [7, 11) is 1.66. The molecule has 1 N–H and O–H groups in total. The molecule has 0 bridgehead atoms. The maximum atomic E-state index is 5.65. The van der Waals surface area contributed by atoms with Gasteiger partial charge in [0.25, 0.3) is 0 Å². The highest BCUT2D eigenvalue weighted by atomic mass is 16.5. The first kappa shape index (κ1) is 14.3. The summed E-state index contributed by atoms with van der Waals surface area (Å²) in [5.41, 5.74) is 2.24. The zero-order valence-corrected chi connectivity index (χ0v) is 11.9. The zero-order valence-electron chi connectivity index (χ0n) is 11.9. The molecule has 0 atom stereocenters. The van der Waals surface area contributed by atoms with Crippen molar-refractivity contribution in [3.05, 3.63) is 53.7 Å². The first-order chi connectivity index (χ1) is 9.81. The van der Waals surface area contributed by atoms with Crippen LogP contribution >= 0.6 is 0 Å². The predicted molar refractivity (Wildman–Crippen MR) is 78.9 cm³/mol. The summed E-state index contributed by atoms with van der Waals surface area (Å²) in [6, 6.07) is 11.7. The first-order valence-corrected chi connectivity index (χ1v) is 6.73. The SMILES string of the molecule is CCNCc1ccc(OCc2ccc(OC)cc2)nc1. The number of rotatable bonds is 7. The lowest BCUT2D eigenvalue weighted by Gasteiger charge is -2.07. The molecule has 0 fully saturated rings. The smallest absolute Gasteiger partial charge is 0.213 e. The number of pyridine rings is 1. The molecule has 0 unspecified atom stereocenters. The third kappa shape index (κ3) is 4.24. The Labute approximate surface area is 119 Å². The van der Waals surface area contributed by atoms with Crippen molar-refractivity contribution in [1.82, 2.24) is 10.3 Å². The van der Waals surface area contributed by atoms with Crippen LogP contribution in [-0.4, -0.2) is 18.6 Å². The second kappa shape index (κ2) is 7.50. The zero-order chi connectivity index (χ0) is 14.2. The van der Waals surface area contributed by atoms with Gasteiger partial charge in [0.2, 0.25) is 5.88 Å². The summed E-state index contributed by atoms with van der Waals surface area (Å²) in [5, 5.41) is 3.26. The lowest BCUT2D eigenvalue weighted by atomic mass is 10.2. The fraction of sp³-hybridized carbons (Fsp3) is 0.312. The van der Waals surface area contributed by atoms with E-state index in [9.17, 15) is 0 Å². The van der Waals surface area contributed by atoms with Crippen molar-refractivity contribution in [1.29, 1.82) is 0 Å². The van der Waals surface area contributed by atoms with E-state index in [1.807, 2.05) is 42.6 Å². The molecule has 106 valence electrons. The van der Waals surface area contributed by atoms with Crippen LogP contribution in [0.15, 0.2) is 42.6 Å². The third-order valence-corrected chi connectivity index (χ3v) is 2.92. The fourth-order valence-electron chi connectivity index (χ4n) is 1.75. The highest BCUT2D eigenvalue weighted by Crippen LogP contribution is 2.14. The van der Waals surface area contributed by atoms with E-state index in [2.05, 4.69) is 17.2 Å². The van der Waals surface area contributed by atoms with Crippen molar-refractivity contribution < 1.29 is 9.47 Å². The average molecular weight is 272 g/mol. The van der Waals surface area contributed by atoms with Crippen LogP contribution in [0.5, 0.6) is 11.6 Å². The van der Waals surface area contributed by atoms with Gasteiger partial charge in [0.05, 0.1) is 7.11 Å². The van der Waals surface area contributed by atoms with E-state index in [1.165, 1.54) is 0 Å². The van der Waals surface area contributed by atoms with E-state index in [4.69, 9.17) is 9.47 Å². The normalized spacial score (nSPS) is 10.3. The van der Waals surface area contributed by atoms with Crippen LogP contribution in [0.2, 0.25) is 0 Å². The minimum absolute atomic E-state index is 0.504. The number of nitrogens with zero attached hydrogens (tertiary/aromatic N) is 1. The standard InChI is InChI=1S/C16H20N2O2/c1-3-17-10-14-6-9-16(18-11-14)20-12-13-4-7-15(19-2)8-5-13/h4-9,11,17H,3,10,12H2,1-2H3. The largest absolute Gasteiger partial charge is 0.497 e. The van der Waals surface area contributed by atoms with Crippen molar-refractivity contribution in [2.45, 2.75) is 20.1 Å². The van der Waals surface area contributed by atoms with Gasteiger partial charge in [-0.3, -0.25) is 0 Å². The van der Waals surface area contributed by atoms with Gasteiger partial charge in [-0.1, -0.05) is 25.1 Å². The maximum Gasteiger partial charge on any atom is 0.213 e. The van der Waals surface area contributed by atoms with E-state index in [1.54, 1.807) is 7.11 Å². The molecule has 0 saturated carbocycles. The Morgan fingerprint density at radius 1 is 1.05 bits per heavy atom. The topological polar surface area (TPSA) is 43.4 Å². The Morgan fingerprint density at radius 3 is 2.40 bits per heavy atom. The van der Waals surface area contributed by atoms with Gasteiger partial charge in [-0.05, 0) is 29.8 Å². The molecule has 2 aromatic rings. The Morgan fingerprint density at radius 2 is 1.80 bits per heavy atom. The highest BCUT2D eigenvalue weighted by molar-refractivity contribution is 5.27. The van der Waals surface area contributed by atoms with Crippen molar-refractivity contribution in [3.8, 4) is 11.6 Å². The van der Waals surface area contributed by atoms with Crippen LogP contribution < -0.4 is 14.8 Å². The molecule has 0 aliphatic heterocycles. The lowest BCUT2D eigenvalue weighted by molar-refractivity contribution is 0.293. The molecule has 0 spiro atoms. The molecule has 0 aliphatic carbocycles. The molecule has 1 aromatic heterocycles. The van der Waals surface area contributed by atoms with Crippen LogP contribution in [0.3, 0.4) is 0 Å². The molecule has 4 heteroatoms. The summed E-state index contributed by atoms with van der Waals surface area (Å²) in [4.78, 5) is 4.29. The molecule has 0 aliphatic rings. The molecule has 1 heterocycles. The summed E-state index contributed by atoms with van der Waals surface area (Å²) >= 11 is 0. The number of hydrogen-bond donors (Lipinski definition) is 1. The third-order valence-electron chi connectivity index (χ3n) is 2.92. The minimum Gasteiger partial charge on any atom is -0.497 e. The van der Waals surface area contributed by atoms with Crippen molar-refractivity contribution in [2.24, 2.45) is 0 Å². The Balaban J connectivity index is 1.86. The van der Waals surface area contributed by atoms with Gasteiger partial charge in [0.15, 0.2) is 0 Å². The van der Waals surface area contributed by atoms with Gasteiger partial charge in [0.1, 0.15) is 12.4 Å². The van der Waals surface area contributed by atoms with Gasteiger partial charge in [-0.2, -0.15) is 0 Å². The number of benzene rings is 1. The van der Waals surface area contributed by atoms with Gasteiger partial charge in [0, 0.05) is 18.8 Å². The number of hydrogen-bond acceptors (Lipinski definition) is 4. The van der Waals surface area contributed by atoms with Crippen molar-refractivity contribution in [3.63, 3.8) is 0 Å². The fourth-order valence-corrected chi connectivity index (χ4v) is 1.75. The minimum atomic E-state index is 0.504. The summed E-state index contributed by atoms with van der Waals surface area (Å²) in [6.07, 6.45) is 1.84. The summed E-state index contributed by atoms with van der Waals surface area (Å²) in [5.74, 6) is 1.49. The summed E-state index contributed by atoms with van der Waals surface area (Å²) in [6.45, 7) is 4.38. The number of nitrogens with one attached hydrogen (secondary N) is 1. The van der Waals surface area contributed by atoms with Gasteiger partial charge >= 0.3 is 0 Å². The molecule has 2 rings (SSSR count). The molecular weight excluding hydrogens is 252 g/mol. The molecule has 1 aromatic carbocycles. The second-order valence-electron chi connectivity index (χ2n) is 4.42. The van der Waals surface area contributed by atoms with E-state index in [0.29, 0.717) is 12.5 Å². The maximum absolute atomic E-state index is 5.65. The van der Waals surface area contributed by atoms with Crippen molar-refractivity contribution >= 4 is 0 Å². The highest BCUT2D eigenvalue weighted by Gasteiger charge is 1.99. The van der Waals surface area contributed by atoms with Crippen LogP contribution in [-0.2, 0) is 13.2 Å². The molecular formula is C16H20N2O2. The molecule has 0 saturated heterocycles. The van der Waals surface area contributed by atoms with Gasteiger partial charge in [-0.25, -0.2) is 4.98 Å². The van der Waals surface area contributed by atoms with E-state index in [0.717, 1.165) is 30.0 Å². The lowest BCUT2D eigenvalue weighted by Crippen LogP contribution is -2.11. The second-order valence-corrected chi connectivity index (χ2v) is 4.42. The van der Waals surface area contributed by atoms with Crippen LogP contribution in [0.4, 0.5) is 0 Å². The van der Waals surface area contributed by atoms with E-state index >= 15 is 0 Å². The van der Waals surface area contributed by atoms with E-state index < -0.39 is 0 Å². The Kier molecular flexibility index (Phi) is 5.38. The van der Waals surface area contributed by atoms with Crippen molar-refractivity contribution in [2.75, 3.05) is 13.7 Å². The average Bonchev–Trinajstić information content (AvgIpc) is 2.52. The quantitative estimate of drug-likeness (QED) is 0.841.